The van der Waals surface area contributed by atoms with Crippen LogP contribution in [0.1, 0.15) is 5.56 Å². The Labute approximate surface area is 181 Å². The average Bonchev–Trinajstić information content (AvgIpc) is 3.25. The molecule has 2 N–H and O–H groups in total. The van der Waals surface area contributed by atoms with E-state index >= 15 is 0 Å². The van der Waals surface area contributed by atoms with Crippen LogP contribution < -0.4 is 15.5 Å². The van der Waals surface area contributed by atoms with Gasteiger partial charge < -0.3 is 20.1 Å². The second kappa shape index (κ2) is 8.20. The molecule has 5 rings (SSSR count). The highest BCUT2D eigenvalue weighted by Gasteiger charge is 2.13. The van der Waals surface area contributed by atoms with E-state index in [1.165, 1.54) is 0 Å². The third-order valence-corrected chi connectivity index (χ3v) is 5.65. The van der Waals surface area contributed by atoms with Gasteiger partial charge in [-0.2, -0.15) is 0 Å². The monoisotopic (exact) mass is 411 g/mol. The number of nitrogens with zero attached hydrogens (tertiary/aromatic N) is 5. The van der Waals surface area contributed by atoms with E-state index < -0.39 is 0 Å². The van der Waals surface area contributed by atoms with Crippen molar-refractivity contribution in [2.24, 2.45) is 7.05 Å². The van der Waals surface area contributed by atoms with E-state index in [-0.39, 0.29) is 0 Å². The third kappa shape index (κ3) is 4.00. The van der Waals surface area contributed by atoms with Crippen molar-refractivity contribution in [3.63, 3.8) is 0 Å². The Morgan fingerprint density at radius 1 is 1.03 bits per heavy atom. The summed E-state index contributed by atoms with van der Waals surface area (Å²) >= 11 is 0. The summed E-state index contributed by atoms with van der Waals surface area (Å²) in [5, 5.41) is 8.94. The minimum atomic E-state index is 0.764. The van der Waals surface area contributed by atoms with Gasteiger partial charge in [0, 0.05) is 67.8 Å². The van der Waals surface area contributed by atoms with Gasteiger partial charge in [0.25, 0.3) is 0 Å². The average molecular weight is 412 g/mol. The van der Waals surface area contributed by atoms with Crippen LogP contribution in [0.4, 0.5) is 11.6 Å². The Balaban J connectivity index is 1.38. The molecule has 0 amide bonds. The van der Waals surface area contributed by atoms with Crippen molar-refractivity contribution in [2.75, 3.05) is 36.4 Å². The first-order valence-electron chi connectivity index (χ1n) is 10.4. The second-order valence-electron chi connectivity index (χ2n) is 7.76. The lowest BCUT2D eigenvalue weighted by atomic mass is 10.1. The summed E-state index contributed by atoms with van der Waals surface area (Å²) in [4.78, 5) is 15.6. The van der Waals surface area contributed by atoms with Crippen molar-refractivity contribution in [1.29, 1.82) is 0 Å². The maximum atomic E-state index is 4.57. The van der Waals surface area contributed by atoms with E-state index in [1.807, 2.05) is 42.6 Å². The molecule has 31 heavy (non-hydrogen) atoms. The van der Waals surface area contributed by atoms with Crippen molar-refractivity contribution in [3.05, 3.63) is 73.5 Å². The molecule has 1 fully saturated rings. The number of fused-ring (bicyclic) bond motifs is 1. The highest BCUT2D eigenvalue weighted by molar-refractivity contribution is 5.89. The van der Waals surface area contributed by atoms with Gasteiger partial charge in [-0.15, -0.1) is 0 Å². The molecule has 0 unspecified atom stereocenters. The lowest BCUT2D eigenvalue weighted by Gasteiger charge is -2.28. The van der Waals surface area contributed by atoms with Gasteiger partial charge in [0.2, 0.25) is 0 Å². The minimum absolute atomic E-state index is 0.764. The molecule has 7 heteroatoms. The second-order valence-corrected chi connectivity index (χ2v) is 7.76. The van der Waals surface area contributed by atoms with Crippen molar-refractivity contribution in [3.8, 4) is 11.3 Å². The van der Waals surface area contributed by atoms with Crippen molar-refractivity contribution >= 4 is 28.1 Å². The SMILES string of the molecule is C=C(Nc1cc2cc(-c3cncn3C)ccc2cn1)c1ccnc(N2CCNCC2)c1. The first-order chi connectivity index (χ1) is 15.2. The van der Waals surface area contributed by atoms with Crippen LogP contribution in [0.2, 0.25) is 0 Å². The fourth-order valence-corrected chi connectivity index (χ4v) is 3.90. The van der Waals surface area contributed by atoms with E-state index in [4.69, 9.17) is 0 Å². The molecule has 0 bridgehead atoms. The summed E-state index contributed by atoms with van der Waals surface area (Å²) in [6.45, 7) is 8.11. The predicted octanol–water partition coefficient (Wildman–Crippen LogP) is 3.52. The largest absolute Gasteiger partial charge is 0.354 e. The molecule has 1 aliphatic heterocycles. The topological polar surface area (TPSA) is 70.9 Å². The Morgan fingerprint density at radius 3 is 2.71 bits per heavy atom. The van der Waals surface area contributed by atoms with Crippen LogP contribution in [-0.2, 0) is 7.05 Å². The van der Waals surface area contributed by atoms with Crippen LogP contribution >= 0.6 is 0 Å². The van der Waals surface area contributed by atoms with Crippen molar-refractivity contribution in [1.82, 2.24) is 24.8 Å². The number of benzene rings is 1. The smallest absolute Gasteiger partial charge is 0.130 e. The molecule has 0 spiro atoms. The molecule has 0 atom stereocenters. The van der Waals surface area contributed by atoms with Gasteiger partial charge in [-0.3, -0.25) is 0 Å². The zero-order valence-corrected chi connectivity index (χ0v) is 17.5. The van der Waals surface area contributed by atoms with E-state index in [9.17, 15) is 0 Å². The maximum Gasteiger partial charge on any atom is 0.130 e. The van der Waals surface area contributed by atoms with E-state index in [2.05, 4.69) is 67.4 Å². The molecule has 0 aliphatic carbocycles. The molecular weight excluding hydrogens is 386 g/mol. The normalized spacial score (nSPS) is 14.0. The van der Waals surface area contributed by atoms with Crippen molar-refractivity contribution in [2.45, 2.75) is 0 Å². The van der Waals surface area contributed by atoms with Crippen LogP contribution in [0.3, 0.4) is 0 Å². The molecule has 1 aliphatic rings. The summed E-state index contributed by atoms with van der Waals surface area (Å²) in [7, 11) is 2.00. The molecule has 0 radical (unpaired) electrons. The third-order valence-electron chi connectivity index (χ3n) is 5.65. The quantitative estimate of drug-likeness (QED) is 0.524. The number of imidazole rings is 1. The summed E-state index contributed by atoms with van der Waals surface area (Å²) in [5.41, 5.74) is 4.01. The van der Waals surface area contributed by atoms with Crippen LogP contribution in [0, 0.1) is 0 Å². The molecule has 4 aromatic rings. The first-order valence-corrected chi connectivity index (χ1v) is 10.4. The van der Waals surface area contributed by atoms with Gasteiger partial charge in [-0.05, 0) is 29.7 Å². The van der Waals surface area contributed by atoms with Gasteiger partial charge in [-0.25, -0.2) is 15.0 Å². The van der Waals surface area contributed by atoms with Crippen molar-refractivity contribution < 1.29 is 0 Å². The van der Waals surface area contributed by atoms with Gasteiger partial charge in [0.1, 0.15) is 11.6 Å². The number of hydrogen-bond acceptors (Lipinski definition) is 6. The van der Waals surface area contributed by atoms with Crippen LogP contribution in [0.25, 0.3) is 27.7 Å². The number of pyridine rings is 2. The molecule has 1 aromatic carbocycles. The number of nitrogens with one attached hydrogen (secondary N) is 2. The van der Waals surface area contributed by atoms with Crippen LogP contribution in [0.15, 0.2) is 67.9 Å². The predicted molar refractivity (Wildman–Crippen MR) is 126 cm³/mol. The number of aryl methyl sites for hydroxylation is 1. The Bertz CT molecular complexity index is 1240. The summed E-state index contributed by atoms with van der Waals surface area (Å²) in [6.07, 6.45) is 7.42. The number of rotatable bonds is 5. The Morgan fingerprint density at radius 2 is 1.90 bits per heavy atom. The molecule has 156 valence electrons. The molecule has 4 heterocycles. The Kier molecular flexibility index (Phi) is 5.09. The fraction of sp³-hybridized carbons (Fsp3) is 0.208. The maximum absolute atomic E-state index is 4.57. The molecule has 7 nitrogen and oxygen atoms in total. The van der Waals surface area contributed by atoms with Crippen LogP contribution in [-0.4, -0.2) is 45.7 Å². The van der Waals surface area contributed by atoms with Gasteiger partial charge in [-0.1, -0.05) is 18.7 Å². The van der Waals surface area contributed by atoms with Crippen LogP contribution in [0.5, 0.6) is 0 Å². The highest BCUT2D eigenvalue weighted by atomic mass is 15.2. The van der Waals surface area contributed by atoms with Gasteiger partial charge in [0.15, 0.2) is 0 Å². The standard InChI is InChI=1S/C24H25N7/c1-17(18-5-6-27-24(13-18)31-9-7-25-8-10-31)29-23-12-21-11-19(3-4-20(21)14-28-23)22-15-26-16-30(22)2/h3-6,11-16,25H,1,7-10H2,2H3,(H,28,29). The lowest BCUT2D eigenvalue weighted by molar-refractivity contribution is 0.585. The first kappa shape index (κ1) is 19.3. The Hall–Kier alpha value is -3.71. The summed E-state index contributed by atoms with van der Waals surface area (Å²) < 4.78 is 2.02. The number of hydrogen-bond donors (Lipinski definition) is 2. The van der Waals surface area contributed by atoms with Gasteiger partial charge in [0.05, 0.1) is 18.2 Å². The molecular formula is C24H25N7. The minimum Gasteiger partial charge on any atom is -0.354 e. The highest BCUT2D eigenvalue weighted by Crippen LogP contribution is 2.26. The zero-order valence-electron chi connectivity index (χ0n) is 17.5. The molecule has 0 saturated carbocycles. The zero-order chi connectivity index (χ0) is 21.2. The fourth-order valence-electron chi connectivity index (χ4n) is 3.90. The van der Waals surface area contributed by atoms with E-state index in [0.717, 1.165) is 71.1 Å². The van der Waals surface area contributed by atoms with E-state index in [1.54, 1.807) is 0 Å². The molecule has 3 aromatic heterocycles. The summed E-state index contributed by atoms with van der Waals surface area (Å²) in [6, 6.07) is 12.5. The van der Waals surface area contributed by atoms with Gasteiger partial charge >= 0.3 is 0 Å². The summed E-state index contributed by atoms with van der Waals surface area (Å²) in [5.74, 6) is 1.74. The number of aromatic nitrogens is 4. The number of anilines is 2. The molecule has 1 saturated heterocycles. The number of piperazine rings is 1. The lowest BCUT2D eigenvalue weighted by Crippen LogP contribution is -2.43. The van der Waals surface area contributed by atoms with E-state index in [0.29, 0.717) is 0 Å².